The summed E-state index contributed by atoms with van der Waals surface area (Å²) >= 11 is 0. The van der Waals surface area contributed by atoms with Gasteiger partial charge in [0.15, 0.2) is 12.6 Å². The van der Waals surface area contributed by atoms with Gasteiger partial charge in [0.25, 0.3) is 0 Å². The van der Waals surface area contributed by atoms with Crippen molar-refractivity contribution < 1.29 is 27.7 Å². The van der Waals surface area contributed by atoms with Crippen molar-refractivity contribution in [3.8, 4) is 34.5 Å². The summed E-state index contributed by atoms with van der Waals surface area (Å²) in [6, 6.07) is 7.20. The molecule has 0 bridgehead atoms. The minimum Gasteiger partial charge on any atom is -0.468 e. The van der Waals surface area contributed by atoms with Crippen molar-refractivity contribution in [2.75, 3.05) is 65.3 Å². The first-order chi connectivity index (χ1) is 27.4. The van der Waals surface area contributed by atoms with Gasteiger partial charge in [0.2, 0.25) is 0 Å². The SMILES string of the molecule is COCOc1cc(-c2ncc3c(N4CCCOCC4)nc(OC[C@]45CCC[C@H]4N(C)CCC5)nc3c2F)c2c(C#C[Si](C(C)C)(C(C)C)C(C)C)c(F)ccc2c1. The fourth-order valence-electron chi connectivity index (χ4n) is 10.4. The zero-order valence-electron chi connectivity index (χ0n) is 35.0. The summed E-state index contributed by atoms with van der Waals surface area (Å²) in [5.41, 5.74) is 5.42. The van der Waals surface area contributed by atoms with Crippen LogP contribution in [0.3, 0.4) is 0 Å². The lowest BCUT2D eigenvalue weighted by Crippen LogP contribution is -2.50. The Bertz CT molecular complexity index is 2130. The Morgan fingerprint density at radius 1 is 0.947 bits per heavy atom. The number of halogens is 2. The minimum absolute atomic E-state index is 0.00803. The van der Waals surface area contributed by atoms with Crippen molar-refractivity contribution in [3.63, 3.8) is 0 Å². The Balaban J connectivity index is 1.42. The summed E-state index contributed by atoms with van der Waals surface area (Å²) < 4.78 is 57.4. The second kappa shape index (κ2) is 17.1. The molecule has 0 spiro atoms. The Labute approximate surface area is 337 Å². The molecule has 2 atom stereocenters. The summed E-state index contributed by atoms with van der Waals surface area (Å²) in [6.45, 7) is 17.3. The fraction of sp³-hybridized carbons (Fsp3) is 0.578. The van der Waals surface area contributed by atoms with E-state index in [4.69, 9.17) is 33.9 Å². The van der Waals surface area contributed by atoms with Crippen molar-refractivity contribution in [2.24, 2.45) is 5.41 Å². The second-order valence-corrected chi connectivity index (χ2v) is 22.9. The second-order valence-electron chi connectivity index (χ2n) is 17.3. The zero-order chi connectivity index (χ0) is 40.5. The van der Waals surface area contributed by atoms with Crippen LogP contribution in [-0.2, 0) is 9.47 Å². The van der Waals surface area contributed by atoms with Crippen molar-refractivity contribution >= 4 is 35.6 Å². The maximum atomic E-state index is 17.6. The lowest BCUT2D eigenvalue weighted by molar-refractivity contribution is 0.0133. The van der Waals surface area contributed by atoms with E-state index in [0.29, 0.717) is 88.9 Å². The average molecular weight is 800 g/mol. The van der Waals surface area contributed by atoms with E-state index in [2.05, 4.69) is 69.9 Å². The molecule has 2 aromatic heterocycles. The summed E-state index contributed by atoms with van der Waals surface area (Å²) in [5, 5.41) is 1.60. The third kappa shape index (κ3) is 7.85. The molecule has 7 rings (SSSR count). The van der Waals surface area contributed by atoms with Gasteiger partial charge in [0.05, 0.1) is 24.2 Å². The molecule has 2 aromatic carbocycles. The Kier molecular flexibility index (Phi) is 12.4. The lowest BCUT2D eigenvalue weighted by Gasteiger charge is -2.44. The number of rotatable bonds is 11. The van der Waals surface area contributed by atoms with Gasteiger partial charge in [-0.3, -0.25) is 4.98 Å². The molecule has 4 heterocycles. The van der Waals surface area contributed by atoms with E-state index in [1.54, 1.807) is 18.3 Å². The molecule has 1 saturated carbocycles. The maximum absolute atomic E-state index is 17.6. The van der Waals surface area contributed by atoms with Gasteiger partial charge in [-0.2, -0.15) is 9.97 Å². The molecular weight excluding hydrogens is 741 g/mol. The molecule has 9 nitrogen and oxygen atoms in total. The van der Waals surface area contributed by atoms with E-state index < -0.39 is 19.7 Å². The number of methoxy groups -OCH3 is 1. The van der Waals surface area contributed by atoms with Crippen LogP contribution >= 0.6 is 0 Å². The average Bonchev–Trinajstić information content (AvgIpc) is 3.44. The van der Waals surface area contributed by atoms with Crippen LogP contribution in [0, 0.1) is 28.5 Å². The Morgan fingerprint density at radius 3 is 2.47 bits per heavy atom. The number of hydrogen-bond acceptors (Lipinski definition) is 9. The number of benzene rings is 2. The highest BCUT2D eigenvalue weighted by Crippen LogP contribution is 2.48. The first-order valence-corrected chi connectivity index (χ1v) is 23.1. The predicted molar refractivity (Wildman–Crippen MR) is 226 cm³/mol. The molecule has 0 unspecified atom stereocenters. The molecule has 57 heavy (non-hydrogen) atoms. The predicted octanol–water partition coefficient (Wildman–Crippen LogP) is 9.55. The van der Waals surface area contributed by atoms with Gasteiger partial charge >= 0.3 is 6.01 Å². The van der Waals surface area contributed by atoms with E-state index in [1.165, 1.54) is 13.2 Å². The summed E-state index contributed by atoms with van der Waals surface area (Å²) in [4.78, 5) is 19.1. The quantitative estimate of drug-likeness (QED) is 0.0838. The fourth-order valence-corrected chi connectivity index (χ4v) is 15.6. The van der Waals surface area contributed by atoms with Crippen LogP contribution in [0.25, 0.3) is 32.9 Å². The van der Waals surface area contributed by atoms with Crippen LogP contribution in [-0.4, -0.2) is 94.4 Å². The lowest BCUT2D eigenvalue weighted by atomic mass is 9.76. The van der Waals surface area contributed by atoms with E-state index >= 15 is 8.78 Å². The number of piperidine rings is 1. The summed E-state index contributed by atoms with van der Waals surface area (Å²) in [7, 11) is 1.48. The monoisotopic (exact) mass is 799 g/mol. The molecular formula is C45H59F2N5O4Si. The highest BCUT2D eigenvalue weighted by atomic mass is 28.3. The number of ether oxygens (including phenoxy) is 4. The first kappa shape index (κ1) is 41.3. The normalized spacial score (nSPS) is 20.6. The van der Waals surface area contributed by atoms with Crippen molar-refractivity contribution in [1.29, 1.82) is 0 Å². The van der Waals surface area contributed by atoms with Crippen molar-refractivity contribution in [1.82, 2.24) is 19.9 Å². The van der Waals surface area contributed by atoms with Gasteiger partial charge in [-0.15, -0.1) is 5.54 Å². The van der Waals surface area contributed by atoms with Crippen LogP contribution in [0.2, 0.25) is 16.6 Å². The molecule has 3 aliphatic rings. The number of anilines is 1. The summed E-state index contributed by atoms with van der Waals surface area (Å²) in [6.07, 6.45) is 8.01. The number of hydrogen-bond donors (Lipinski definition) is 0. The molecule has 306 valence electrons. The van der Waals surface area contributed by atoms with Gasteiger partial charge in [-0.25, -0.2) is 8.78 Å². The molecule has 4 aromatic rings. The van der Waals surface area contributed by atoms with E-state index in [1.807, 2.05) is 6.07 Å². The first-order valence-electron chi connectivity index (χ1n) is 20.8. The minimum atomic E-state index is -2.26. The van der Waals surface area contributed by atoms with Crippen LogP contribution < -0.4 is 14.4 Å². The Morgan fingerprint density at radius 2 is 1.72 bits per heavy atom. The largest absolute Gasteiger partial charge is 0.468 e. The number of nitrogens with zero attached hydrogens (tertiary/aromatic N) is 5. The number of fused-ring (bicyclic) bond motifs is 3. The van der Waals surface area contributed by atoms with Crippen molar-refractivity contribution in [2.45, 2.75) is 103 Å². The van der Waals surface area contributed by atoms with Gasteiger partial charge in [-0.1, -0.05) is 60.0 Å². The molecule has 0 radical (unpaired) electrons. The number of likely N-dealkylation sites (tertiary alicyclic amines) is 1. The van der Waals surface area contributed by atoms with Crippen molar-refractivity contribution in [3.05, 3.63) is 47.7 Å². The molecule has 1 aliphatic carbocycles. The van der Waals surface area contributed by atoms with Gasteiger partial charge in [0, 0.05) is 55.4 Å². The van der Waals surface area contributed by atoms with Gasteiger partial charge < -0.3 is 28.7 Å². The topological polar surface area (TPSA) is 82.1 Å². The molecule has 0 N–H and O–H groups in total. The van der Waals surface area contributed by atoms with Gasteiger partial charge in [-0.05, 0) is 85.9 Å². The number of pyridine rings is 1. The van der Waals surface area contributed by atoms with Gasteiger partial charge in [0.1, 0.15) is 36.7 Å². The third-order valence-electron chi connectivity index (χ3n) is 13.1. The number of aromatic nitrogens is 3. The van der Waals surface area contributed by atoms with Crippen LogP contribution in [0.1, 0.15) is 85.6 Å². The van der Waals surface area contributed by atoms with E-state index in [9.17, 15) is 0 Å². The highest BCUT2D eigenvalue weighted by molar-refractivity contribution is 6.90. The molecule has 3 fully saturated rings. The smallest absolute Gasteiger partial charge is 0.319 e. The third-order valence-corrected chi connectivity index (χ3v) is 19.4. The van der Waals surface area contributed by atoms with E-state index in [0.717, 1.165) is 45.1 Å². The van der Waals surface area contributed by atoms with E-state index in [-0.39, 0.29) is 35.0 Å². The molecule has 2 aliphatic heterocycles. The van der Waals surface area contributed by atoms with Crippen LogP contribution in [0.4, 0.5) is 14.6 Å². The standard InChI is InChI=1S/C45H59F2N5O4Si/c1-29(2)57(30(3)4,31(5)6)23-15-34-37(46)14-13-32-24-33(56-28-53-8)25-35(39(32)34)41-40(47)42-36(26-48-41)43(52-19-11-21-54-22-20-52)50-44(49-42)55-27-45-16-9-12-38(45)51(7)18-10-17-45/h13-14,24-26,29-31,38H,9-12,16-22,27-28H2,1-8H3/t38-,45-/m1/s1. The Hall–Kier alpha value is -3.89. The molecule has 0 amide bonds. The van der Waals surface area contributed by atoms with Crippen LogP contribution in [0.5, 0.6) is 11.8 Å². The molecule has 12 heteroatoms. The van der Waals surface area contributed by atoms with Crippen LogP contribution in [0.15, 0.2) is 30.5 Å². The summed E-state index contributed by atoms with van der Waals surface area (Å²) in [5.74, 6) is 3.24. The zero-order valence-corrected chi connectivity index (χ0v) is 36.0. The maximum Gasteiger partial charge on any atom is 0.319 e. The highest BCUT2D eigenvalue weighted by Gasteiger charge is 2.47. The molecule has 2 saturated heterocycles.